The molecule has 0 spiro atoms. The van der Waals surface area contributed by atoms with E-state index >= 15 is 0 Å². The van der Waals surface area contributed by atoms with Gasteiger partial charge in [-0.1, -0.05) is 32.9 Å². The first-order valence-electron chi connectivity index (χ1n) is 7.65. The number of rotatable bonds is 4. The summed E-state index contributed by atoms with van der Waals surface area (Å²) in [7, 11) is -4.45. The van der Waals surface area contributed by atoms with Crippen LogP contribution in [-0.4, -0.2) is 32.3 Å². The van der Waals surface area contributed by atoms with Gasteiger partial charge in [0, 0.05) is 0 Å². The van der Waals surface area contributed by atoms with Crippen molar-refractivity contribution in [2.24, 2.45) is 0 Å². The van der Waals surface area contributed by atoms with E-state index < -0.39 is 39.4 Å². The van der Waals surface area contributed by atoms with E-state index in [1.54, 1.807) is 26.8 Å². The molecule has 160 valence electrons. The Kier molecular flexibility index (Phi) is 6.37. The van der Waals surface area contributed by atoms with Crippen molar-refractivity contribution in [3.8, 4) is 0 Å². The SMILES string of the molecule is CC(C)(C)c1cccc(S(=O)(=O)NNC(=O)NC(C)(C(F)(F)F)C(F)(F)F)c1. The number of hydrogen-bond donors (Lipinski definition) is 3. The molecule has 0 fully saturated rings. The molecule has 0 radical (unpaired) electrons. The maximum atomic E-state index is 12.8. The molecule has 0 aliphatic rings. The first-order valence-corrected chi connectivity index (χ1v) is 9.13. The number of hydrazine groups is 1. The fourth-order valence-electron chi connectivity index (χ4n) is 1.86. The minimum Gasteiger partial charge on any atom is -0.315 e. The van der Waals surface area contributed by atoms with Crippen molar-refractivity contribution in [2.45, 2.75) is 55.9 Å². The average molecular weight is 435 g/mol. The van der Waals surface area contributed by atoms with Crippen molar-refractivity contribution in [2.75, 3.05) is 0 Å². The molecule has 0 atom stereocenters. The molecule has 0 aromatic heterocycles. The highest BCUT2D eigenvalue weighted by atomic mass is 32.2. The minimum atomic E-state index is -5.87. The van der Waals surface area contributed by atoms with Crippen LogP contribution < -0.4 is 15.6 Å². The fraction of sp³-hybridized carbons (Fsp3) is 0.533. The third-order valence-electron chi connectivity index (χ3n) is 3.81. The van der Waals surface area contributed by atoms with Crippen molar-refractivity contribution >= 4 is 16.1 Å². The number of amides is 2. The Bertz CT molecular complexity index is 815. The first-order chi connectivity index (χ1) is 12.3. The van der Waals surface area contributed by atoms with Crippen LogP contribution in [0.2, 0.25) is 0 Å². The van der Waals surface area contributed by atoms with E-state index in [4.69, 9.17) is 0 Å². The Morgan fingerprint density at radius 1 is 0.929 bits per heavy atom. The van der Waals surface area contributed by atoms with Gasteiger partial charge in [-0.3, -0.25) is 5.43 Å². The molecule has 1 aromatic rings. The molecule has 0 aliphatic carbocycles. The second kappa shape index (κ2) is 7.43. The highest BCUT2D eigenvalue weighted by molar-refractivity contribution is 7.89. The van der Waals surface area contributed by atoms with Crippen molar-refractivity contribution < 1.29 is 39.6 Å². The smallest absolute Gasteiger partial charge is 0.315 e. The van der Waals surface area contributed by atoms with Crippen LogP contribution in [0.25, 0.3) is 0 Å². The number of halogens is 6. The van der Waals surface area contributed by atoms with E-state index in [0.717, 1.165) is 6.07 Å². The molecule has 0 saturated heterocycles. The normalized spacial score (nSPS) is 13.9. The van der Waals surface area contributed by atoms with Gasteiger partial charge < -0.3 is 5.32 Å². The summed E-state index contributed by atoms with van der Waals surface area (Å²) < 4.78 is 101. The maximum Gasteiger partial charge on any atom is 0.420 e. The Labute approximate surface area is 157 Å². The van der Waals surface area contributed by atoms with Gasteiger partial charge in [-0.05, 0) is 30.0 Å². The Hall–Kier alpha value is -2.02. The van der Waals surface area contributed by atoms with E-state index in [1.165, 1.54) is 22.4 Å². The van der Waals surface area contributed by atoms with E-state index in [-0.39, 0.29) is 11.8 Å². The van der Waals surface area contributed by atoms with Gasteiger partial charge in [0.1, 0.15) is 0 Å². The Morgan fingerprint density at radius 2 is 1.43 bits per heavy atom. The lowest BCUT2D eigenvalue weighted by Gasteiger charge is -2.34. The molecule has 0 saturated carbocycles. The summed E-state index contributed by atoms with van der Waals surface area (Å²) in [5.74, 6) is 0. The number of urea groups is 1. The summed E-state index contributed by atoms with van der Waals surface area (Å²) in [6, 6.07) is 3.41. The lowest BCUT2D eigenvalue weighted by Crippen LogP contribution is -2.67. The number of sulfonamides is 1. The molecule has 1 aromatic carbocycles. The van der Waals surface area contributed by atoms with E-state index in [1.807, 2.05) is 0 Å². The summed E-state index contributed by atoms with van der Waals surface area (Å²) in [4.78, 5) is 12.6. The van der Waals surface area contributed by atoms with Crippen molar-refractivity contribution in [1.82, 2.24) is 15.6 Å². The van der Waals surface area contributed by atoms with E-state index in [2.05, 4.69) is 0 Å². The van der Waals surface area contributed by atoms with Gasteiger partial charge in [0.2, 0.25) is 5.54 Å². The topological polar surface area (TPSA) is 87.3 Å². The molecule has 0 unspecified atom stereocenters. The molecule has 0 bridgehead atoms. The summed E-state index contributed by atoms with van der Waals surface area (Å²) >= 11 is 0. The van der Waals surface area contributed by atoms with Crippen molar-refractivity contribution in [1.29, 1.82) is 0 Å². The number of carbonyl (C=O) groups excluding carboxylic acids is 1. The zero-order valence-electron chi connectivity index (χ0n) is 15.2. The fourth-order valence-corrected chi connectivity index (χ4v) is 2.75. The van der Waals surface area contributed by atoms with Gasteiger partial charge in [0.05, 0.1) is 4.90 Å². The average Bonchev–Trinajstić information content (AvgIpc) is 2.50. The lowest BCUT2D eigenvalue weighted by atomic mass is 9.87. The van der Waals surface area contributed by atoms with Gasteiger partial charge in [0.25, 0.3) is 10.0 Å². The summed E-state index contributed by atoms with van der Waals surface area (Å²) in [5, 5.41) is 0.706. The standard InChI is InChI=1S/C15H19F6N3O3S/c1-12(2,3)9-6-5-7-10(8-9)28(26,27)24-23-11(25)22-13(4,14(16,17)18)15(19,20)21/h5-8,24H,1-4H3,(H2,22,23,25). The molecule has 28 heavy (non-hydrogen) atoms. The minimum absolute atomic E-state index is 0.284. The molecule has 6 nitrogen and oxygen atoms in total. The van der Waals surface area contributed by atoms with Gasteiger partial charge in [-0.15, -0.1) is 4.83 Å². The monoisotopic (exact) mass is 435 g/mol. The zero-order chi connectivity index (χ0) is 22.2. The lowest BCUT2D eigenvalue weighted by molar-refractivity contribution is -0.297. The summed E-state index contributed by atoms with van der Waals surface area (Å²) in [6.45, 7) is 5.11. The largest absolute Gasteiger partial charge is 0.420 e. The number of alkyl halides is 6. The van der Waals surface area contributed by atoms with Crippen LogP contribution in [-0.2, 0) is 15.4 Å². The molecule has 0 heterocycles. The molecule has 0 aliphatic heterocycles. The van der Waals surface area contributed by atoms with Crippen LogP contribution >= 0.6 is 0 Å². The van der Waals surface area contributed by atoms with Gasteiger partial charge in [0.15, 0.2) is 0 Å². The van der Waals surface area contributed by atoms with E-state index in [9.17, 15) is 39.6 Å². The Morgan fingerprint density at radius 3 is 1.86 bits per heavy atom. The second-order valence-corrected chi connectivity index (χ2v) is 8.77. The van der Waals surface area contributed by atoms with Crippen molar-refractivity contribution in [3.05, 3.63) is 29.8 Å². The van der Waals surface area contributed by atoms with Crippen LogP contribution in [0.15, 0.2) is 29.2 Å². The van der Waals surface area contributed by atoms with Crippen LogP contribution in [0.4, 0.5) is 31.1 Å². The van der Waals surface area contributed by atoms with Crippen LogP contribution in [0, 0.1) is 0 Å². The van der Waals surface area contributed by atoms with Gasteiger partial charge in [-0.25, -0.2) is 13.2 Å². The predicted molar refractivity (Wildman–Crippen MR) is 87.6 cm³/mol. The predicted octanol–water partition coefficient (Wildman–Crippen LogP) is 3.36. The summed E-state index contributed by atoms with van der Waals surface area (Å²) in [6.07, 6.45) is -11.7. The molecule has 2 amide bonds. The molecular formula is C15H19F6N3O3S. The number of benzene rings is 1. The maximum absolute atomic E-state index is 12.8. The van der Waals surface area contributed by atoms with Gasteiger partial charge in [-0.2, -0.15) is 26.3 Å². The Balaban J connectivity index is 2.98. The first kappa shape index (κ1) is 24.0. The molecule has 1 rings (SSSR count). The van der Waals surface area contributed by atoms with Crippen LogP contribution in [0.5, 0.6) is 0 Å². The quantitative estimate of drug-likeness (QED) is 0.501. The number of carbonyl (C=O) groups is 1. The number of hydrogen-bond acceptors (Lipinski definition) is 3. The zero-order valence-corrected chi connectivity index (χ0v) is 16.0. The van der Waals surface area contributed by atoms with E-state index in [0.29, 0.717) is 10.9 Å². The highest BCUT2D eigenvalue weighted by Crippen LogP contribution is 2.42. The third-order valence-corrected chi connectivity index (χ3v) is 5.05. The third kappa shape index (κ3) is 5.28. The number of nitrogens with one attached hydrogen (secondary N) is 3. The van der Waals surface area contributed by atoms with Crippen molar-refractivity contribution in [3.63, 3.8) is 0 Å². The van der Waals surface area contributed by atoms with Crippen LogP contribution in [0.1, 0.15) is 33.3 Å². The van der Waals surface area contributed by atoms with Gasteiger partial charge >= 0.3 is 18.4 Å². The second-order valence-electron chi connectivity index (χ2n) is 7.08. The highest BCUT2D eigenvalue weighted by Gasteiger charge is 2.68. The summed E-state index contributed by atoms with van der Waals surface area (Å²) in [5.41, 5.74) is -3.12. The molecule has 13 heteroatoms. The molecule has 3 N–H and O–H groups in total. The molecular weight excluding hydrogens is 416 g/mol. The van der Waals surface area contributed by atoms with Crippen LogP contribution in [0.3, 0.4) is 0 Å².